The molecule has 3 nitrogen and oxygen atoms in total. The van der Waals surface area contributed by atoms with Crippen LogP contribution in [0.25, 0.3) is 11.0 Å². The van der Waals surface area contributed by atoms with E-state index in [2.05, 4.69) is 9.55 Å². The fourth-order valence-electron chi connectivity index (χ4n) is 2.19. The summed E-state index contributed by atoms with van der Waals surface area (Å²) in [6, 6.07) is 6.03. The summed E-state index contributed by atoms with van der Waals surface area (Å²) in [4.78, 5) is 4.58. The molecule has 0 amide bonds. The molecule has 0 bridgehead atoms. The number of hydrogen-bond acceptors (Lipinski definition) is 2. The summed E-state index contributed by atoms with van der Waals surface area (Å²) in [5, 5.41) is 0. The molecule has 3 rings (SSSR count). The Balaban J connectivity index is 2.39. The van der Waals surface area contributed by atoms with Crippen LogP contribution in [-0.4, -0.2) is 16.7 Å². The van der Waals surface area contributed by atoms with Crippen LogP contribution in [-0.2, 0) is 13.0 Å². The minimum absolute atomic E-state index is 0.933. The number of aromatic nitrogens is 2. The Morgan fingerprint density at radius 2 is 2.36 bits per heavy atom. The first-order chi connectivity index (χ1) is 6.90. The predicted octanol–water partition coefficient (Wildman–Crippen LogP) is 1.99. The lowest BCUT2D eigenvalue weighted by molar-refractivity contribution is 0.417. The van der Waals surface area contributed by atoms with Crippen molar-refractivity contribution in [3.63, 3.8) is 0 Å². The number of fused-ring (bicyclic) bond motifs is 3. The Morgan fingerprint density at radius 1 is 1.43 bits per heavy atom. The molecule has 1 aromatic heterocycles. The van der Waals surface area contributed by atoms with Crippen LogP contribution >= 0.6 is 0 Å². The SMILES string of the molecule is COc1cccc2nc3n(c12)CCC3. The summed E-state index contributed by atoms with van der Waals surface area (Å²) in [5.74, 6) is 2.13. The van der Waals surface area contributed by atoms with E-state index < -0.39 is 0 Å². The Hall–Kier alpha value is -1.51. The number of rotatable bonds is 1. The molecule has 0 unspecified atom stereocenters. The molecular weight excluding hydrogens is 176 g/mol. The maximum atomic E-state index is 5.35. The average molecular weight is 188 g/mol. The maximum Gasteiger partial charge on any atom is 0.144 e. The molecule has 2 heterocycles. The topological polar surface area (TPSA) is 27.1 Å². The highest BCUT2D eigenvalue weighted by Crippen LogP contribution is 2.29. The van der Waals surface area contributed by atoms with Gasteiger partial charge in [-0.3, -0.25) is 0 Å². The van der Waals surface area contributed by atoms with Crippen molar-refractivity contribution in [1.82, 2.24) is 9.55 Å². The Morgan fingerprint density at radius 3 is 3.21 bits per heavy atom. The third-order valence-electron chi connectivity index (χ3n) is 2.81. The van der Waals surface area contributed by atoms with Crippen LogP contribution in [0.1, 0.15) is 12.2 Å². The first-order valence-corrected chi connectivity index (χ1v) is 4.92. The molecule has 1 aliphatic rings. The third-order valence-corrected chi connectivity index (χ3v) is 2.81. The van der Waals surface area contributed by atoms with E-state index in [1.165, 1.54) is 12.2 Å². The van der Waals surface area contributed by atoms with Crippen molar-refractivity contribution in [2.24, 2.45) is 0 Å². The lowest BCUT2D eigenvalue weighted by Gasteiger charge is -2.04. The summed E-state index contributed by atoms with van der Waals surface area (Å²) in [7, 11) is 1.71. The second-order valence-corrected chi connectivity index (χ2v) is 3.61. The number of para-hydroxylation sites is 1. The van der Waals surface area contributed by atoms with Gasteiger partial charge in [0.05, 0.1) is 12.6 Å². The fraction of sp³-hybridized carbons (Fsp3) is 0.364. The van der Waals surface area contributed by atoms with Crippen molar-refractivity contribution in [3.8, 4) is 5.75 Å². The number of ether oxygens (including phenoxy) is 1. The summed E-state index contributed by atoms with van der Waals surface area (Å²) in [6.45, 7) is 1.08. The Labute approximate surface area is 82.3 Å². The van der Waals surface area contributed by atoms with E-state index in [-0.39, 0.29) is 0 Å². The summed E-state index contributed by atoms with van der Waals surface area (Å²) in [6.07, 6.45) is 2.30. The van der Waals surface area contributed by atoms with Crippen molar-refractivity contribution < 1.29 is 4.74 Å². The maximum absolute atomic E-state index is 5.35. The molecule has 0 atom stereocenters. The molecule has 0 radical (unpaired) electrons. The van der Waals surface area contributed by atoms with Gasteiger partial charge in [0.1, 0.15) is 17.1 Å². The first kappa shape index (κ1) is 7.85. The molecule has 0 spiro atoms. The highest BCUT2D eigenvalue weighted by atomic mass is 16.5. The van der Waals surface area contributed by atoms with Gasteiger partial charge in [-0.1, -0.05) is 6.07 Å². The van der Waals surface area contributed by atoms with Gasteiger partial charge >= 0.3 is 0 Å². The van der Waals surface area contributed by atoms with Crippen molar-refractivity contribution in [2.75, 3.05) is 7.11 Å². The third kappa shape index (κ3) is 0.895. The number of aryl methyl sites for hydroxylation is 2. The van der Waals surface area contributed by atoms with Gasteiger partial charge in [0.25, 0.3) is 0 Å². The van der Waals surface area contributed by atoms with Crippen LogP contribution in [0.2, 0.25) is 0 Å². The quantitative estimate of drug-likeness (QED) is 0.684. The van der Waals surface area contributed by atoms with Crippen molar-refractivity contribution >= 4 is 11.0 Å². The molecule has 0 saturated carbocycles. The van der Waals surface area contributed by atoms with E-state index in [1.807, 2.05) is 18.2 Å². The molecule has 14 heavy (non-hydrogen) atoms. The molecule has 1 aromatic carbocycles. The predicted molar refractivity (Wildman–Crippen MR) is 54.6 cm³/mol. The first-order valence-electron chi connectivity index (χ1n) is 4.92. The lowest BCUT2D eigenvalue weighted by atomic mass is 10.3. The molecule has 0 saturated heterocycles. The molecule has 1 aliphatic heterocycles. The van der Waals surface area contributed by atoms with Crippen LogP contribution in [0, 0.1) is 0 Å². The van der Waals surface area contributed by atoms with Crippen LogP contribution < -0.4 is 4.74 Å². The molecular formula is C11H12N2O. The van der Waals surface area contributed by atoms with Crippen LogP contribution in [0.3, 0.4) is 0 Å². The van der Waals surface area contributed by atoms with Gasteiger partial charge in [0.15, 0.2) is 0 Å². The highest BCUT2D eigenvalue weighted by molar-refractivity contribution is 5.82. The zero-order valence-corrected chi connectivity index (χ0v) is 8.16. The summed E-state index contributed by atoms with van der Waals surface area (Å²) < 4.78 is 7.62. The zero-order valence-electron chi connectivity index (χ0n) is 8.16. The van der Waals surface area contributed by atoms with Crippen LogP contribution in [0.5, 0.6) is 5.75 Å². The smallest absolute Gasteiger partial charge is 0.144 e. The summed E-state index contributed by atoms with van der Waals surface area (Å²) >= 11 is 0. The van der Waals surface area contributed by atoms with Gasteiger partial charge in [-0.25, -0.2) is 4.98 Å². The summed E-state index contributed by atoms with van der Waals surface area (Å²) in [5.41, 5.74) is 2.21. The van der Waals surface area contributed by atoms with Crippen molar-refractivity contribution in [3.05, 3.63) is 24.0 Å². The van der Waals surface area contributed by atoms with Gasteiger partial charge < -0.3 is 9.30 Å². The molecule has 0 aliphatic carbocycles. The number of hydrogen-bond donors (Lipinski definition) is 0. The van der Waals surface area contributed by atoms with Crippen LogP contribution in [0.15, 0.2) is 18.2 Å². The van der Waals surface area contributed by atoms with Gasteiger partial charge in [0, 0.05) is 13.0 Å². The van der Waals surface area contributed by atoms with Gasteiger partial charge in [-0.2, -0.15) is 0 Å². The minimum atomic E-state index is 0.933. The van der Waals surface area contributed by atoms with Crippen molar-refractivity contribution in [1.29, 1.82) is 0 Å². The zero-order chi connectivity index (χ0) is 9.54. The minimum Gasteiger partial charge on any atom is -0.494 e. The average Bonchev–Trinajstić information content (AvgIpc) is 2.75. The van der Waals surface area contributed by atoms with E-state index >= 15 is 0 Å². The lowest BCUT2D eigenvalue weighted by Crippen LogP contribution is -1.94. The van der Waals surface area contributed by atoms with E-state index in [9.17, 15) is 0 Å². The van der Waals surface area contributed by atoms with E-state index in [4.69, 9.17) is 4.74 Å². The van der Waals surface area contributed by atoms with Gasteiger partial charge in [0.2, 0.25) is 0 Å². The number of imidazole rings is 1. The number of benzene rings is 1. The largest absolute Gasteiger partial charge is 0.494 e. The second kappa shape index (κ2) is 2.74. The number of nitrogens with zero attached hydrogens (tertiary/aromatic N) is 2. The normalized spacial score (nSPS) is 14.6. The van der Waals surface area contributed by atoms with E-state index in [0.717, 1.165) is 29.7 Å². The Bertz CT molecular complexity index is 487. The number of methoxy groups -OCH3 is 1. The van der Waals surface area contributed by atoms with E-state index in [1.54, 1.807) is 7.11 Å². The monoisotopic (exact) mass is 188 g/mol. The van der Waals surface area contributed by atoms with E-state index in [0.29, 0.717) is 0 Å². The molecule has 3 heteroatoms. The fourth-order valence-corrected chi connectivity index (χ4v) is 2.19. The molecule has 2 aromatic rings. The highest BCUT2D eigenvalue weighted by Gasteiger charge is 2.18. The van der Waals surface area contributed by atoms with Gasteiger partial charge in [-0.15, -0.1) is 0 Å². The molecule has 72 valence electrons. The Kier molecular flexibility index (Phi) is 1.54. The van der Waals surface area contributed by atoms with Crippen molar-refractivity contribution in [2.45, 2.75) is 19.4 Å². The van der Waals surface area contributed by atoms with Crippen LogP contribution in [0.4, 0.5) is 0 Å². The molecule has 0 N–H and O–H groups in total. The standard InChI is InChI=1S/C11H12N2O/c1-14-9-5-2-4-8-11(9)13-7-3-6-10(13)12-8/h2,4-5H,3,6-7H2,1H3. The van der Waals surface area contributed by atoms with Gasteiger partial charge in [-0.05, 0) is 18.6 Å². The second-order valence-electron chi connectivity index (χ2n) is 3.61. The molecule has 0 fully saturated rings.